The van der Waals surface area contributed by atoms with E-state index in [9.17, 15) is 19.1 Å². The maximum atomic E-state index is 12.9. The fraction of sp³-hybridized carbons (Fsp3) is 0.500. The first-order valence-corrected chi connectivity index (χ1v) is 8.26. The van der Waals surface area contributed by atoms with Crippen molar-refractivity contribution in [3.8, 4) is 0 Å². The normalized spacial score (nSPS) is 22.6. The number of halogens is 1. The summed E-state index contributed by atoms with van der Waals surface area (Å²) in [6, 6.07) is 6.12. The van der Waals surface area contributed by atoms with Gasteiger partial charge in [-0.1, -0.05) is 6.92 Å². The summed E-state index contributed by atoms with van der Waals surface area (Å²) in [5.74, 6) is -1.11. The molecule has 22 heavy (non-hydrogen) atoms. The molecule has 1 aliphatic rings. The minimum Gasteiger partial charge on any atom is -0.480 e. The lowest BCUT2D eigenvalue weighted by Gasteiger charge is -2.33. The maximum Gasteiger partial charge on any atom is 0.329 e. The Balaban J connectivity index is 1.97. The summed E-state index contributed by atoms with van der Waals surface area (Å²) in [6.45, 7) is 3.91. The quantitative estimate of drug-likeness (QED) is 0.846. The second-order valence-electron chi connectivity index (χ2n) is 5.84. The fourth-order valence-corrected chi connectivity index (χ4v) is 3.54. The van der Waals surface area contributed by atoms with E-state index in [2.05, 4.69) is 0 Å². The van der Waals surface area contributed by atoms with Crippen molar-refractivity contribution in [3.05, 3.63) is 30.1 Å². The molecule has 1 amide bonds. The van der Waals surface area contributed by atoms with Gasteiger partial charge in [0.1, 0.15) is 11.4 Å². The summed E-state index contributed by atoms with van der Waals surface area (Å²) in [4.78, 5) is 26.4. The lowest BCUT2D eigenvalue weighted by atomic mass is 9.98. The Labute approximate surface area is 133 Å². The van der Waals surface area contributed by atoms with E-state index in [1.807, 2.05) is 0 Å². The molecular weight excluding hydrogens is 305 g/mol. The first-order valence-electron chi connectivity index (χ1n) is 7.28. The van der Waals surface area contributed by atoms with E-state index < -0.39 is 11.5 Å². The zero-order chi connectivity index (χ0) is 16.3. The summed E-state index contributed by atoms with van der Waals surface area (Å²) < 4.78 is 12.9. The molecule has 0 spiro atoms. The van der Waals surface area contributed by atoms with Crippen LogP contribution in [0, 0.1) is 11.7 Å². The van der Waals surface area contributed by atoms with Gasteiger partial charge in [-0.2, -0.15) is 0 Å². The number of carboxylic acids is 1. The lowest BCUT2D eigenvalue weighted by molar-refractivity contribution is -0.156. The third-order valence-electron chi connectivity index (χ3n) is 4.10. The molecule has 1 aromatic rings. The van der Waals surface area contributed by atoms with E-state index in [0.717, 1.165) is 4.90 Å². The van der Waals surface area contributed by atoms with Crippen LogP contribution >= 0.6 is 11.8 Å². The smallest absolute Gasteiger partial charge is 0.329 e. The predicted molar refractivity (Wildman–Crippen MR) is 83.3 cm³/mol. The van der Waals surface area contributed by atoms with Crippen molar-refractivity contribution in [3.63, 3.8) is 0 Å². The Hall–Kier alpha value is -1.56. The van der Waals surface area contributed by atoms with Crippen LogP contribution in [0.5, 0.6) is 0 Å². The molecule has 0 radical (unpaired) electrons. The van der Waals surface area contributed by atoms with Crippen LogP contribution in [0.2, 0.25) is 0 Å². The third-order valence-corrected chi connectivity index (χ3v) is 5.38. The van der Waals surface area contributed by atoms with Crippen molar-refractivity contribution in [1.82, 2.24) is 4.90 Å². The van der Waals surface area contributed by atoms with Crippen molar-refractivity contribution in [2.45, 2.75) is 37.1 Å². The van der Waals surface area contributed by atoms with Gasteiger partial charge in [-0.05, 0) is 44.0 Å². The molecule has 1 N–H and O–H groups in total. The molecule has 4 nitrogen and oxygen atoms in total. The average Bonchev–Trinajstić information content (AvgIpc) is 2.89. The molecule has 0 aliphatic carbocycles. The number of thioether (sulfide) groups is 1. The van der Waals surface area contributed by atoms with E-state index in [1.54, 1.807) is 26.0 Å². The molecule has 0 bridgehead atoms. The molecule has 120 valence electrons. The van der Waals surface area contributed by atoms with E-state index >= 15 is 0 Å². The van der Waals surface area contributed by atoms with Gasteiger partial charge in [0, 0.05) is 23.1 Å². The molecule has 1 aromatic carbocycles. The third kappa shape index (κ3) is 3.43. The molecule has 1 aliphatic heterocycles. The Morgan fingerprint density at radius 3 is 2.64 bits per heavy atom. The van der Waals surface area contributed by atoms with Gasteiger partial charge in [0.15, 0.2) is 0 Å². The predicted octanol–water partition coefficient (Wildman–Crippen LogP) is 3.02. The molecule has 0 aromatic heterocycles. The fourth-order valence-electron chi connectivity index (χ4n) is 2.63. The van der Waals surface area contributed by atoms with Crippen molar-refractivity contribution in [2.75, 3.05) is 12.3 Å². The highest BCUT2D eigenvalue weighted by molar-refractivity contribution is 7.99. The summed E-state index contributed by atoms with van der Waals surface area (Å²) >= 11 is 1.47. The lowest BCUT2D eigenvalue weighted by Crippen LogP contribution is -2.52. The SMILES string of the molecule is CC(CSc1ccc(F)cc1)C(=O)N1CCCC1(C)C(=O)O. The van der Waals surface area contributed by atoms with Crippen LogP contribution in [0.3, 0.4) is 0 Å². The van der Waals surface area contributed by atoms with Gasteiger partial charge >= 0.3 is 5.97 Å². The van der Waals surface area contributed by atoms with Crippen molar-refractivity contribution >= 4 is 23.6 Å². The summed E-state index contributed by atoms with van der Waals surface area (Å²) in [6.07, 6.45) is 1.21. The molecular formula is C16H20FNO3S. The number of carboxylic acid groups (broad SMARTS) is 1. The van der Waals surface area contributed by atoms with Gasteiger partial charge in [-0.15, -0.1) is 11.8 Å². The second kappa shape index (κ2) is 6.69. The van der Waals surface area contributed by atoms with Crippen LogP contribution in [0.4, 0.5) is 4.39 Å². The first kappa shape index (κ1) is 16.8. The number of hydrogen-bond acceptors (Lipinski definition) is 3. The minimum atomic E-state index is -1.09. The Morgan fingerprint density at radius 1 is 1.41 bits per heavy atom. The van der Waals surface area contributed by atoms with Gasteiger partial charge in [0.05, 0.1) is 0 Å². The van der Waals surface area contributed by atoms with Crippen LogP contribution in [-0.2, 0) is 9.59 Å². The van der Waals surface area contributed by atoms with E-state index in [4.69, 9.17) is 0 Å². The average molecular weight is 325 g/mol. The molecule has 1 saturated heterocycles. The summed E-state index contributed by atoms with van der Waals surface area (Å²) in [5, 5.41) is 9.37. The number of aliphatic carboxylic acids is 1. The van der Waals surface area contributed by atoms with Crippen LogP contribution in [-0.4, -0.2) is 39.7 Å². The second-order valence-corrected chi connectivity index (χ2v) is 6.93. The highest BCUT2D eigenvalue weighted by Gasteiger charge is 2.46. The zero-order valence-corrected chi connectivity index (χ0v) is 13.5. The standard InChI is InChI=1S/C16H20FNO3S/c1-11(10-22-13-6-4-12(17)5-7-13)14(19)18-9-3-8-16(18,2)15(20)21/h4-7,11H,3,8-10H2,1-2H3,(H,20,21). The molecule has 6 heteroatoms. The Kier molecular flexibility index (Phi) is 5.11. The number of benzene rings is 1. The topological polar surface area (TPSA) is 57.6 Å². The first-order chi connectivity index (χ1) is 10.3. The molecule has 2 rings (SSSR count). The van der Waals surface area contributed by atoms with Gasteiger partial charge in [0.25, 0.3) is 0 Å². The molecule has 0 saturated carbocycles. The van der Waals surface area contributed by atoms with Crippen LogP contribution in [0.1, 0.15) is 26.7 Å². The van der Waals surface area contributed by atoms with Gasteiger partial charge < -0.3 is 10.0 Å². The number of rotatable bonds is 5. The number of hydrogen-bond donors (Lipinski definition) is 1. The Morgan fingerprint density at radius 2 is 2.05 bits per heavy atom. The highest BCUT2D eigenvalue weighted by atomic mass is 32.2. The highest BCUT2D eigenvalue weighted by Crippen LogP contribution is 2.31. The van der Waals surface area contributed by atoms with Crippen molar-refractivity contribution < 1.29 is 19.1 Å². The van der Waals surface area contributed by atoms with Crippen molar-refractivity contribution in [1.29, 1.82) is 0 Å². The Bertz CT molecular complexity index is 563. The number of carbonyl (C=O) groups is 2. The minimum absolute atomic E-state index is 0.128. The zero-order valence-electron chi connectivity index (χ0n) is 12.7. The summed E-state index contributed by atoms with van der Waals surface area (Å²) in [5.41, 5.74) is -1.09. The van der Waals surface area contributed by atoms with E-state index in [0.29, 0.717) is 25.1 Å². The number of likely N-dealkylation sites (tertiary alicyclic amines) is 1. The summed E-state index contributed by atoms with van der Waals surface area (Å²) in [7, 11) is 0. The van der Waals surface area contributed by atoms with Crippen LogP contribution in [0.15, 0.2) is 29.2 Å². The largest absolute Gasteiger partial charge is 0.480 e. The molecule has 1 heterocycles. The molecule has 1 fully saturated rings. The maximum absolute atomic E-state index is 12.9. The van der Waals surface area contributed by atoms with Gasteiger partial charge in [-0.25, -0.2) is 9.18 Å². The number of nitrogens with zero attached hydrogens (tertiary/aromatic N) is 1. The molecule has 2 atom stereocenters. The van der Waals surface area contributed by atoms with Gasteiger partial charge in [-0.3, -0.25) is 4.79 Å². The van der Waals surface area contributed by atoms with Crippen molar-refractivity contribution in [2.24, 2.45) is 5.92 Å². The molecule has 2 unspecified atom stereocenters. The monoisotopic (exact) mass is 325 g/mol. The van der Waals surface area contributed by atoms with Crippen LogP contribution in [0.25, 0.3) is 0 Å². The number of carbonyl (C=O) groups excluding carboxylic acids is 1. The van der Waals surface area contributed by atoms with E-state index in [-0.39, 0.29) is 17.6 Å². The van der Waals surface area contributed by atoms with Gasteiger partial charge in [0.2, 0.25) is 5.91 Å². The van der Waals surface area contributed by atoms with Crippen LogP contribution < -0.4 is 0 Å². The van der Waals surface area contributed by atoms with E-state index in [1.165, 1.54) is 28.8 Å². The number of amides is 1.